The molecule has 1 aromatic heterocycles. The van der Waals surface area contributed by atoms with E-state index in [1.54, 1.807) is 23.1 Å². The third-order valence-corrected chi connectivity index (χ3v) is 6.43. The quantitative estimate of drug-likeness (QED) is 0.374. The molecule has 1 heterocycles. The van der Waals surface area contributed by atoms with Crippen molar-refractivity contribution in [3.8, 4) is 0 Å². The monoisotopic (exact) mass is 378 g/mol. The van der Waals surface area contributed by atoms with Gasteiger partial charge in [0.25, 0.3) is 0 Å². The Morgan fingerprint density at radius 3 is 2.81 bits per heavy atom. The van der Waals surface area contributed by atoms with Crippen molar-refractivity contribution in [2.24, 2.45) is 5.84 Å². The highest BCUT2D eigenvalue weighted by Crippen LogP contribution is 2.34. The molecule has 0 aliphatic heterocycles. The molecule has 1 unspecified atom stereocenters. The minimum atomic E-state index is 0.129. The van der Waals surface area contributed by atoms with Crippen LogP contribution in [-0.4, -0.2) is 5.75 Å². The number of thioether (sulfide) groups is 1. The van der Waals surface area contributed by atoms with Crippen molar-refractivity contribution in [3.63, 3.8) is 0 Å². The molecule has 2 aromatic carbocycles. The first-order valence-corrected chi connectivity index (χ1v) is 9.25. The van der Waals surface area contributed by atoms with Gasteiger partial charge in [-0.1, -0.05) is 30.3 Å². The van der Waals surface area contributed by atoms with Gasteiger partial charge >= 0.3 is 0 Å². The molecule has 5 heteroatoms. The van der Waals surface area contributed by atoms with Crippen LogP contribution < -0.4 is 11.3 Å². The number of hydrazine groups is 1. The smallest absolute Gasteiger partial charge is 0.0568 e. The fourth-order valence-electron chi connectivity index (χ4n) is 2.25. The Morgan fingerprint density at radius 1 is 1.14 bits per heavy atom. The Kier molecular flexibility index (Phi) is 4.98. The molecule has 108 valence electrons. The van der Waals surface area contributed by atoms with Crippen molar-refractivity contribution in [3.05, 3.63) is 63.9 Å². The SMILES string of the molecule is NNC(CSc1ccccc1Br)c1cccc2ccsc12. The second-order valence-electron chi connectivity index (χ2n) is 4.65. The number of benzene rings is 2. The van der Waals surface area contributed by atoms with E-state index in [1.165, 1.54) is 20.5 Å². The summed E-state index contributed by atoms with van der Waals surface area (Å²) in [4.78, 5) is 1.23. The summed E-state index contributed by atoms with van der Waals surface area (Å²) in [6, 6.07) is 16.9. The van der Waals surface area contributed by atoms with Crippen LogP contribution in [0.4, 0.5) is 0 Å². The van der Waals surface area contributed by atoms with E-state index >= 15 is 0 Å². The summed E-state index contributed by atoms with van der Waals surface area (Å²) in [5, 5.41) is 3.41. The second-order valence-corrected chi connectivity index (χ2v) is 7.48. The number of rotatable bonds is 5. The van der Waals surface area contributed by atoms with E-state index in [1.807, 2.05) is 6.07 Å². The summed E-state index contributed by atoms with van der Waals surface area (Å²) in [6.07, 6.45) is 0. The molecule has 0 aliphatic carbocycles. The average Bonchev–Trinajstić information content (AvgIpc) is 2.98. The Balaban J connectivity index is 1.82. The summed E-state index contributed by atoms with van der Waals surface area (Å²) in [6.45, 7) is 0. The van der Waals surface area contributed by atoms with Crippen LogP contribution in [0.15, 0.2) is 63.3 Å². The third kappa shape index (κ3) is 3.33. The maximum atomic E-state index is 5.80. The first-order chi connectivity index (χ1) is 10.3. The van der Waals surface area contributed by atoms with E-state index in [0.717, 1.165) is 10.2 Å². The van der Waals surface area contributed by atoms with Gasteiger partial charge in [0.05, 0.1) is 6.04 Å². The fourth-order valence-corrected chi connectivity index (χ4v) is 4.85. The topological polar surface area (TPSA) is 38.0 Å². The molecule has 0 bridgehead atoms. The van der Waals surface area contributed by atoms with Crippen molar-refractivity contribution >= 4 is 49.1 Å². The number of nitrogens with one attached hydrogen (secondary N) is 1. The van der Waals surface area contributed by atoms with Crippen molar-refractivity contribution < 1.29 is 0 Å². The molecule has 1 atom stereocenters. The van der Waals surface area contributed by atoms with Crippen LogP contribution in [0, 0.1) is 0 Å². The lowest BCUT2D eigenvalue weighted by Crippen LogP contribution is -2.29. The Labute approximate surface area is 140 Å². The van der Waals surface area contributed by atoms with Gasteiger partial charge < -0.3 is 0 Å². The number of nitrogens with two attached hydrogens (primary N) is 1. The van der Waals surface area contributed by atoms with Crippen LogP contribution in [-0.2, 0) is 0 Å². The van der Waals surface area contributed by atoms with Crippen LogP contribution >= 0.6 is 39.0 Å². The maximum Gasteiger partial charge on any atom is 0.0568 e. The molecule has 21 heavy (non-hydrogen) atoms. The molecule has 0 aliphatic rings. The van der Waals surface area contributed by atoms with Gasteiger partial charge in [-0.2, -0.15) is 0 Å². The van der Waals surface area contributed by atoms with E-state index in [9.17, 15) is 0 Å². The molecule has 0 spiro atoms. The van der Waals surface area contributed by atoms with Gasteiger partial charge in [-0.25, -0.2) is 0 Å². The summed E-state index contributed by atoms with van der Waals surface area (Å²) >= 11 is 7.16. The number of hydrogen-bond acceptors (Lipinski definition) is 4. The van der Waals surface area contributed by atoms with Gasteiger partial charge in [0.15, 0.2) is 0 Å². The van der Waals surface area contributed by atoms with E-state index in [2.05, 4.69) is 69.2 Å². The first kappa shape index (κ1) is 15.1. The lowest BCUT2D eigenvalue weighted by atomic mass is 10.1. The molecular formula is C16H15BrN2S2. The zero-order valence-corrected chi connectivity index (χ0v) is 14.5. The summed E-state index contributed by atoms with van der Waals surface area (Å²) in [5.74, 6) is 6.68. The van der Waals surface area contributed by atoms with E-state index in [4.69, 9.17) is 5.84 Å². The van der Waals surface area contributed by atoms with E-state index in [-0.39, 0.29) is 6.04 Å². The molecule has 3 rings (SSSR count). The summed E-state index contributed by atoms with van der Waals surface area (Å²) in [5.41, 5.74) is 4.23. The van der Waals surface area contributed by atoms with Gasteiger partial charge in [-0.15, -0.1) is 23.1 Å². The van der Waals surface area contributed by atoms with Crippen LogP contribution in [0.1, 0.15) is 11.6 Å². The minimum absolute atomic E-state index is 0.129. The average molecular weight is 379 g/mol. The lowest BCUT2D eigenvalue weighted by molar-refractivity contribution is 0.615. The largest absolute Gasteiger partial charge is 0.271 e. The zero-order valence-electron chi connectivity index (χ0n) is 11.3. The van der Waals surface area contributed by atoms with Crippen molar-refractivity contribution in [2.75, 3.05) is 5.75 Å². The zero-order chi connectivity index (χ0) is 14.7. The second kappa shape index (κ2) is 6.94. The van der Waals surface area contributed by atoms with Crippen LogP contribution in [0.3, 0.4) is 0 Å². The summed E-state index contributed by atoms with van der Waals surface area (Å²) in [7, 11) is 0. The molecule has 0 fully saturated rings. The van der Waals surface area contributed by atoms with Crippen molar-refractivity contribution in [1.29, 1.82) is 0 Å². The maximum absolute atomic E-state index is 5.80. The van der Waals surface area contributed by atoms with E-state index < -0.39 is 0 Å². The van der Waals surface area contributed by atoms with Gasteiger partial charge in [0, 0.05) is 19.8 Å². The highest BCUT2D eigenvalue weighted by molar-refractivity contribution is 9.10. The predicted molar refractivity (Wildman–Crippen MR) is 96.8 cm³/mol. The van der Waals surface area contributed by atoms with Crippen molar-refractivity contribution in [1.82, 2.24) is 5.43 Å². The van der Waals surface area contributed by atoms with E-state index in [0.29, 0.717) is 0 Å². The van der Waals surface area contributed by atoms with Gasteiger partial charge in [-0.05, 0) is 50.5 Å². The van der Waals surface area contributed by atoms with Gasteiger partial charge in [0.2, 0.25) is 0 Å². The van der Waals surface area contributed by atoms with Crippen LogP contribution in [0.25, 0.3) is 10.1 Å². The molecule has 3 aromatic rings. The summed E-state index contributed by atoms with van der Waals surface area (Å²) < 4.78 is 2.44. The molecular weight excluding hydrogens is 364 g/mol. The normalized spacial score (nSPS) is 12.7. The third-order valence-electron chi connectivity index (χ3n) is 3.33. The standard InChI is InChI=1S/C16H15BrN2S2/c17-13-6-1-2-7-15(13)21-10-14(19-18)12-5-3-4-11-8-9-20-16(11)12/h1-9,14,19H,10,18H2. The highest BCUT2D eigenvalue weighted by atomic mass is 79.9. The number of hydrogen-bond donors (Lipinski definition) is 2. The predicted octanol–water partition coefficient (Wildman–Crippen LogP) is 4.96. The Bertz CT molecular complexity index is 742. The number of fused-ring (bicyclic) bond motifs is 1. The molecule has 3 N–H and O–H groups in total. The molecule has 0 saturated carbocycles. The molecule has 2 nitrogen and oxygen atoms in total. The van der Waals surface area contributed by atoms with Crippen LogP contribution in [0.5, 0.6) is 0 Å². The number of halogens is 1. The Hall–Kier alpha value is -0.850. The molecule has 0 amide bonds. The van der Waals surface area contributed by atoms with Crippen molar-refractivity contribution in [2.45, 2.75) is 10.9 Å². The number of thiophene rings is 1. The fraction of sp³-hybridized carbons (Fsp3) is 0.125. The van der Waals surface area contributed by atoms with Gasteiger partial charge in [0.1, 0.15) is 0 Å². The molecule has 0 saturated heterocycles. The Morgan fingerprint density at radius 2 is 2.00 bits per heavy atom. The van der Waals surface area contributed by atoms with Gasteiger partial charge in [-0.3, -0.25) is 11.3 Å². The first-order valence-electron chi connectivity index (χ1n) is 6.59. The highest BCUT2D eigenvalue weighted by Gasteiger charge is 2.14. The lowest BCUT2D eigenvalue weighted by Gasteiger charge is -2.17. The minimum Gasteiger partial charge on any atom is -0.271 e. The molecule has 0 radical (unpaired) electrons. The van der Waals surface area contributed by atoms with Crippen LogP contribution in [0.2, 0.25) is 0 Å².